The van der Waals surface area contributed by atoms with Crippen LogP contribution in [-0.2, 0) is 0 Å². The summed E-state index contributed by atoms with van der Waals surface area (Å²) in [5.41, 5.74) is 3.72. The molecule has 8 nitrogen and oxygen atoms in total. The van der Waals surface area contributed by atoms with Crippen LogP contribution < -0.4 is 5.32 Å². The van der Waals surface area contributed by atoms with Crippen molar-refractivity contribution in [2.45, 2.75) is 19.8 Å². The molecule has 0 aliphatic carbocycles. The van der Waals surface area contributed by atoms with Gasteiger partial charge in [0, 0.05) is 11.3 Å². The number of hydrogen-bond acceptors (Lipinski definition) is 6. The Balaban J connectivity index is 1.56. The largest absolute Gasteiger partial charge is 0.436 e. The Hall–Kier alpha value is -3.94. The molecule has 146 valence electrons. The predicted octanol–water partition coefficient (Wildman–Crippen LogP) is 5.37. The third kappa shape index (κ3) is 3.73. The molecule has 0 unspecified atom stereocenters. The number of rotatable bonds is 5. The van der Waals surface area contributed by atoms with E-state index in [4.69, 9.17) is 8.83 Å². The zero-order chi connectivity index (χ0) is 20.5. The molecule has 0 aliphatic rings. The minimum Gasteiger partial charge on any atom is -0.436 e. The molecule has 2 aromatic carbocycles. The van der Waals surface area contributed by atoms with Crippen LogP contribution in [0, 0.1) is 10.1 Å². The Bertz CT molecular complexity index is 1200. The van der Waals surface area contributed by atoms with Crippen LogP contribution >= 0.6 is 0 Å². The molecule has 1 amide bonds. The number of carbonyl (C=O) groups is 1. The van der Waals surface area contributed by atoms with Crippen molar-refractivity contribution in [2.75, 3.05) is 5.32 Å². The predicted molar refractivity (Wildman–Crippen MR) is 107 cm³/mol. The van der Waals surface area contributed by atoms with Gasteiger partial charge in [0.25, 0.3) is 5.91 Å². The van der Waals surface area contributed by atoms with Crippen LogP contribution in [0.3, 0.4) is 0 Å². The Morgan fingerprint density at radius 1 is 1.07 bits per heavy atom. The van der Waals surface area contributed by atoms with Crippen molar-refractivity contribution in [3.05, 3.63) is 76.0 Å². The van der Waals surface area contributed by atoms with Crippen molar-refractivity contribution in [3.8, 4) is 11.5 Å². The average Bonchev–Trinajstić information content (AvgIpc) is 3.35. The van der Waals surface area contributed by atoms with Crippen molar-refractivity contribution in [1.82, 2.24) is 4.98 Å². The monoisotopic (exact) mass is 391 g/mol. The van der Waals surface area contributed by atoms with Gasteiger partial charge in [-0.2, -0.15) is 0 Å². The maximum Gasteiger partial charge on any atom is 0.433 e. The number of anilines is 1. The molecule has 0 spiro atoms. The van der Waals surface area contributed by atoms with E-state index >= 15 is 0 Å². The Morgan fingerprint density at radius 3 is 2.48 bits per heavy atom. The van der Waals surface area contributed by atoms with Gasteiger partial charge in [-0.3, -0.25) is 14.9 Å². The van der Waals surface area contributed by atoms with E-state index < -0.39 is 16.7 Å². The van der Waals surface area contributed by atoms with Crippen LogP contribution in [0.4, 0.5) is 11.6 Å². The molecule has 0 aliphatic heterocycles. The molecule has 8 heteroatoms. The fourth-order valence-electron chi connectivity index (χ4n) is 2.88. The first-order valence-corrected chi connectivity index (χ1v) is 8.97. The SMILES string of the molecule is CC(C)c1ccc(-c2nc3cc(NC(=O)c4ccc([N+](=O)[O-])o4)ccc3o2)cc1. The third-order valence-corrected chi connectivity index (χ3v) is 4.47. The van der Waals surface area contributed by atoms with E-state index in [2.05, 4.69) is 24.1 Å². The van der Waals surface area contributed by atoms with Gasteiger partial charge in [0.1, 0.15) is 10.4 Å². The maximum absolute atomic E-state index is 12.2. The van der Waals surface area contributed by atoms with E-state index in [1.54, 1.807) is 18.2 Å². The second-order valence-corrected chi connectivity index (χ2v) is 6.83. The first-order valence-electron chi connectivity index (χ1n) is 8.97. The second kappa shape index (κ2) is 7.23. The highest BCUT2D eigenvalue weighted by atomic mass is 16.6. The average molecular weight is 391 g/mol. The van der Waals surface area contributed by atoms with Gasteiger partial charge in [0.2, 0.25) is 5.89 Å². The summed E-state index contributed by atoms with van der Waals surface area (Å²) in [4.78, 5) is 26.7. The Kier molecular flexibility index (Phi) is 4.59. The number of benzene rings is 2. The quantitative estimate of drug-likeness (QED) is 0.361. The molecule has 4 rings (SSSR count). The number of hydrogen-bond donors (Lipinski definition) is 1. The van der Waals surface area contributed by atoms with Gasteiger partial charge < -0.3 is 14.2 Å². The normalized spacial score (nSPS) is 11.1. The highest BCUT2D eigenvalue weighted by Gasteiger charge is 2.18. The minimum absolute atomic E-state index is 0.150. The minimum atomic E-state index is -0.701. The smallest absolute Gasteiger partial charge is 0.433 e. The van der Waals surface area contributed by atoms with E-state index in [0.717, 1.165) is 11.6 Å². The van der Waals surface area contributed by atoms with Crippen LogP contribution in [0.25, 0.3) is 22.6 Å². The summed E-state index contributed by atoms with van der Waals surface area (Å²) in [5, 5.41) is 13.3. The summed E-state index contributed by atoms with van der Waals surface area (Å²) in [5.74, 6) is -0.307. The summed E-state index contributed by atoms with van der Waals surface area (Å²) in [6.45, 7) is 4.26. The van der Waals surface area contributed by atoms with E-state index in [1.807, 2.05) is 24.3 Å². The number of carbonyl (C=O) groups excluding carboxylic acids is 1. The van der Waals surface area contributed by atoms with E-state index in [0.29, 0.717) is 28.6 Å². The Morgan fingerprint density at radius 2 is 1.83 bits per heavy atom. The number of nitro groups is 1. The molecule has 0 radical (unpaired) electrons. The molecule has 2 heterocycles. The van der Waals surface area contributed by atoms with Crippen molar-refractivity contribution < 1.29 is 18.6 Å². The van der Waals surface area contributed by atoms with Crippen LogP contribution in [0.2, 0.25) is 0 Å². The number of nitrogens with zero attached hydrogens (tertiary/aromatic N) is 2. The highest BCUT2D eigenvalue weighted by Crippen LogP contribution is 2.28. The first-order chi connectivity index (χ1) is 13.9. The van der Waals surface area contributed by atoms with E-state index in [9.17, 15) is 14.9 Å². The lowest BCUT2D eigenvalue weighted by Gasteiger charge is -2.04. The van der Waals surface area contributed by atoms with Gasteiger partial charge in [-0.15, -0.1) is 0 Å². The molecule has 0 atom stereocenters. The first kappa shape index (κ1) is 18.4. The van der Waals surface area contributed by atoms with Gasteiger partial charge >= 0.3 is 5.88 Å². The topological polar surface area (TPSA) is 111 Å². The molecule has 0 fully saturated rings. The molecule has 1 N–H and O–H groups in total. The zero-order valence-electron chi connectivity index (χ0n) is 15.7. The summed E-state index contributed by atoms with van der Waals surface area (Å²) in [6.07, 6.45) is 0. The lowest BCUT2D eigenvalue weighted by atomic mass is 10.0. The number of furan rings is 1. The van der Waals surface area contributed by atoms with Crippen LogP contribution in [-0.4, -0.2) is 15.8 Å². The standard InChI is InChI=1S/C21H17N3O5/c1-12(2)13-3-5-14(6-4-13)21-23-16-11-15(7-8-17(16)29-21)22-20(25)18-9-10-19(28-18)24(26)27/h3-12H,1-2H3,(H,22,25). The molecule has 0 saturated heterocycles. The molecule has 29 heavy (non-hydrogen) atoms. The van der Waals surface area contributed by atoms with Crippen LogP contribution in [0.15, 0.2) is 63.4 Å². The number of nitrogens with one attached hydrogen (secondary N) is 1. The molecule has 0 saturated carbocycles. The van der Waals surface area contributed by atoms with Crippen molar-refractivity contribution in [1.29, 1.82) is 0 Å². The highest BCUT2D eigenvalue weighted by molar-refractivity contribution is 6.03. The number of fused-ring (bicyclic) bond motifs is 1. The fourth-order valence-corrected chi connectivity index (χ4v) is 2.88. The van der Waals surface area contributed by atoms with Crippen molar-refractivity contribution >= 4 is 28.6 Å². The lowest BCUT2D eigenvalue weighted by Crippen LogP contribution is -2.10. The summed E-state index contributed by atoms with van der Waals surface area (Å²) in [7, 11) is 0. The zero-order valence-corrected chi connectivity index (χ0v) is 15.7. The second-order valence-electron chi connectivity index (χ2n) is 6.83. The number of amides is 1. The number of oxazole rings is 1. The van der Waals surface area contributed by atoms with Crippen molar-refractivity contribution in [2.24, 2.45) is 0 Å². The molecular weight excluding hydrogens is 374 g/mol. The fraction of sp³-hybridized carbons (Fsp3) is 0.143. The van der Waals surface area contributed by atoms with E-state index in [-0.39, 0.29) is 5.76 Å². The van der Waals surface area contributed by atoms with Crippen molar-refractivity contribution in [3.63, 3.8) is 0 Å². The lowest BCUT2D eigenvalue weighted by molar-refractivity contribution is -0.402. The van der Waals surface area contributed by atoms with E-state index in [1.165, 1.54) is 11.6 Å². The van der Waals surface area contributed by atoms with Crippen LogP contribution in [0.5, 0.6) is 0 Å². The Labute approximate surface area is 165 Å². The van der Waals surface area contributed by atoms with Gasteiger partial charge in [-0.05, 0) is 47.9 Å². The summed E-state index contributed by atoms with van der Waals surface area (Å²) < 4.78 is 10.7. The maximum atomic E-state index is 12.2. The van der Waals surface area contributed by atoms with Gasteiger partial charge in [-0.1, -0.05) is 26.0 Å². The molecular formula is C21H17N3O5. The molecule has 2 aromatic heterocycles. The third-order valence-electron chi connectivity index (χ3n) is 4.47. The van der Waals surface area contributed by atoms with Crippen LogP contribution in [0.1, 0.15) is 35.9 Å². The van der Waals surface area contributed by atoms with Gasteiger partial charge in [-0.25, -0.2) is 4.98 Å². The van der Waals surface area contributed by atoms with Gasteiger partial charge in [0.05, 0.1) is 6.07 Å². The number of aromatic nitrogens is 1. The molecule has 4 aromatic rings. The summed E-state index contributed by atoms with van der Waals surface area (Å²) in [6, 6.07) is 15.4. The summed E-state index contributed by atoms with van der Waals surface area (Å²) >= 11 is 0. The molecule has 0 bridgehead atoms. The van der Waals surface area contributed by atoms with Gasteiger partial charge in [0.15, 0.2) is 11.3 Å².